The van der Waals surface area contributed by atoms with Crippen molar-refractivity contribution in [3.8, 4) is 5.75 Å². The maximum Gasteiger partial charge on any atom is 0.184 e. The number of morpholine rings is 1. The van der Waals surface area contributed by atoms with Crippen LogP contribution in [-0.4, -0.2) is 58.5 Å². The van der Waals surface area contributed by atoms with E-state index in [9.17, 15) is 8.42 Å². The molecular weight excluding hydrogens is 292 g/mol. The summed E-state index contributed by atoms with van der Waals surface area (Å²) in [5.41, 5.74) is 6.13. The SMILES string of the molecule is CCN1CCOC(CS(=O)(=O)c2ccc(N)cc2OC)C1. The molecule has 0 aliphatic carbocycles. The van der Waals surface area contributed by atoms with Crippen LogP contribution in [0.1, 0.15) is 6.92 Å². The largest absolute Gasteiger partial charge is 0.495 e. The van der Waals surface area contributed by atoms with Gasteiger partial charge in [-0.1, -0.05) is 6.92 Å². The minimum atomic E-state index is -3.48. The van der Waals surface area contributed by atoms with E-state index in [0.717, 1.165) is 13.1 Å². The molecule has 1 saturated heterocycles. The van der Waals surface area contributed by atoms with E-state index in [1.807, 2.05) is 0 Å². The first kappa shape index (κ1) is 16.1. The maximum atomic E-state index is 12.6. The van der Waals surface area contributed by atoms with Gasteiger partial charge in [-0.25, -0.2) is 8.42 Å². The summed E-state index contributed by atoms with van der Waals surface area (Å²) in [4.78, 5) is 2.35. The minimum absolute atomic E-state index is 0.0518. The Hall–Kier alpha value is -1.31. The zero-order chi connectivity index (χ0) is 15.5. The predicted octanol–water partition coefficient (Wildman–Crippen LogP) is 0.772. The van der Waals surface area contributed by atoms with Crippen molar-refractivity contribution in [1.82, 2.24) is 4.90 Å². The van der Waals surface area contributed by atoms with Gasteiger partial charge in [-0.05, 0) is 18.7 Å². The number of hydrogen-bond acceptors (Lipinski definition) is 6. The van der Waals surface area contributed by atoms with Gasteiger partial charge in [-0.15, -0.1) is 0 Å². The van der Waals surface area contributed by atoms with Crippen molar-refractivity contribution >= 4 is 15.5 Å². The fraction of sp³-hybridized carbons (Fsp3) is 0.571. The summed E-state index contributed by atoms with van der Waals surface area (Å²) in [5, 5.41) is 0. The molecule has 7 heteroatoms. The third-order valence-corrected chi connectivity index (χ3v) is 5.42. The van der Waals surface area contributed by atoms with E-state index in [0.29, 0.717) is 18.8 Å². The molecule has 118 valence electrons. The number of nitrogen functional groups attached to an aromatic ring is 1. The number of anilines is 1. The standard InChI is InChI=1S/C14H22N2O4S/c1-3-16-6-7-20-12(9-16)10-21(17,18)14-5-4-11(15)8-13(14)19-2/h4-5,8,12H,3,6-7,9-10,15H2,1-2H3. The van der Waals surface area contributed by atoms with Gasteiger partial charge >= 0.3 is 0 Å². The second-order valence-corrected chi connectivity index (χ2v) is 7.08. The first-order valence-electron chi connectivity index (χ1n) is 6.96. The molecule has 1 heterocycles. The van der Waals surface area contributed by atoms with Crippen LogP contribution in [-0.2, 0) is 14.6 Å². The Morgan fingerprint density at radius 3 is 2.90 bits per heavy atom. The van der Waals surface area contributed by atoms with Crippen LogP contribution in [0.25, 0.3) is 0 Å². The molecule has 1 aliphatic rings. The molecule has 1 fully saturated rings. The lowest BCUT2D eigenvalue weighted by molar-refractivity contribution is -0.0145. The number of methoxy groups -OCH3 is 1. The van der Waals surface area contributed by atoms with Crippen molar-refractivity contribution < 1.29 is 17.9 Å². The van der Waals surface area contributed by atoms with E-state index < -0.39 is 9.84 Å². The minimum Gasteiger partial charge on any atom is -0.495 e. The molecule has 0 aromatic heterocycles. The molecule has 1 aliphatic heterocycles. The molecule has 0 saturated carbocycles. The summed E-state index contributed by atoms with van der Waals surface area (Å²) in [6.07, 6.45) is -0.314. The first-order chi connectivity index (χ1) is 9.96. The first-order valence-corrected chi connectivity index (χ1v) is 8.61. The number of benzene rings is 1. The number of likely N-dealkylation sites (N-methyl/N-ethyl adjacent to an activating group) is 1. The number of hydrogen-bond donors (Lipinski definition) is 1. The van der Waals surface area contributed by atoms with Crippen LogP contribution in [0.5, 0.6) is 5.75 Å². The molecule has 0 radical (unpaired) electrons. The topological polar surface area (TPSA) is 81.9 Å². The zero-order valence-electron chi connectivity index (χ0n) is 12.4. The lowest BCUT2D eigenvalue weighted by Gasteiger charge is -2.31. The lowest BCUT2D eigenvalue weighted by Crippen LogP contribution is -2.45. The Balaban J connectivity index is 2.18. The summed E-state index contributed by atoms with van der Waals surface area (Å²) in [7, 11) is -2.05. The monoisotopic (exact) mass is 314 g/mol. The van der Waals surface area contributed by atoms with Crippen LogP contribution in [0, 0.1) is 0 Å². The van der Waals surface area contributed by atoms with Gasteiger partial charge in [0.05, 0.1) is 25.6 Å². The normalized spacial score (nSPS) is 20.4. The van der Waals surface area contributed by atoms with E-state index in [-0.39, 0.29) is 22.5 Å². The van der Waals surface area contributed by atoms with Gasteiger partial charge in [-0.3, -0.25) is 4.90 Å². The second-order valence-electron chi connectivity index (χ2n) is 5.08. The van der Waals surface area contributed by atoms with E-state index in [4.69, 9.17) is 15.2 Å². The average Bonchev–Trinajstić information content (AvgIpc) is 2.46. The highest BCUT2D eigenvalue weighted by Crippen LogP contribution is 2.28. The van der Waals surface area contributed by atoms with Crippen molar-refractivity contribution in [1.29, 1.82) is 0 Å². The number of sulfone groups is 1. The van der Waals surface area contributed by atoms with E-state index in [2.05, 4.69) is 11.8 Å². The molecule has 1 aromatic carbocycles. The van der Waals surface area contributed by atoms with Crippen molar-refractivity contribution in [3.05, 3.63) is 18.2 Å². The van der Waals surface area contributed by atoms with Gasteiger partial charge in [0.2, 0.25) is 0 Å². The van der Waals surface area contributed by atoms with Gasteiger partial charge < -0.3 is 15.2 Å². The summed E-state index contributed by atoms with van der Waals surface area (Å²) in [5.74, 6) is 0.224. The van der Waals surface area contributed by atoms with Crippen LogP contribution in [0.4, 0.5) is 5.69 Å². The van der Waals surface area contributed by atoms with Crippen molar-refractivity contribution in [2.24, 2.45) is 0 Å². The molecule has 1 unspecified atom stereocenters. The van der Waals surface area contributed by atoms with Gasteiger partial charge in [0.25, 0.3) is 0 Å². The molecule has 2 N–H and O–H groups in total. The fourth-order valence-electron chi connectivity index (χ4n) is 2.44. The smallest absolute Gasteiger partial charge is 0.184 e. The molecule has 0 bridgehead atoms. The van der Waals surface area contributed by atoms with Gasteiger partial charge in [0, 0.05) is 24.8 Å². The van der Waals surface area contributed by atoms with Crippen LogP contribution in [0.3, 0.4) is 0 Å². The van der Waals surface area contributed by atoms with Gasteiger partial charge in [-0.2, -0.15) is 0 Å². The summed E-state index contributed by atoms with van der Waals surface area (Å²) in [6, 6.07) is 4.58. The average molecular weight is 314 g/mol. The molecule has 2 rings (SSSR count). The Kier molecular flexibility index (Phi) is 5.08. The van der Waals surface area contributed by atoms with E-state index >= 15 is 0 Å². The number of nitrogens with zero attached hydrogens (tertiary/aromatic N) is 1. The quantitative estimate of drug-likeness (QED) is 0.809. The van der Waals surface area contributed by atoms with Crippen molar-refractivity contribution in [3.63, 3.8) is 0 Å². The highest BCUT2D eigenvalue weighted by molar-refractivity contribution is 7.91. The Labute approximate surface area is 125 Å². The fourth-order valence-corrected chi connectivity index (χ4v) is 4.04. The van der Waals surface area contributed by atoms with E-state index in [1.54, 1.807) is 6.07 Å². The second kappa shape index (κ2) is 6.64. The highest BCUT2D eigenvalue weighted by atomic mass is 32.2. The maximum absolute atomic E-state index is 12.6. The zero-order valence-corrected chi connectivity index (χ0v) is 13.2. The van der Waals surface area contributed by atoms with Crippen molar-refractivity contribution in [2.45, 2.75) is 17.9 Å². The molecule has 0 amide bonds. The molecule has 1 aromatic rings. The molecule has 21 heavy (non-hydrogen) atoms. The van der Waals surface area contributed by atoms with E-state index in [1.165, 1.54) is 19.2 Å². The summed E-state index contributed by atoms with van der Waals surface area (Å²) in [6.45, 7) is 4.99. The third kappa shape index (κ3) is 3.87. The van der Waals surface area contributed by atoms with Crippen LogP contribution < -0.4 is 10.5 Å². The molecule has 1 atom stereocenters. The Morgan fingerprint density at radius 1 is 1.48 bits per heavy atom. The Bertz CT molecular complexity index is 589. The summed E-state index contributed by atoms with van der Waals surface area (Å²) < 4.78 is 35.8. The molecular formula is C14H22N2O4S. The Morgan fingerprint density at radius 2 is 2.24 bits per heavy atom. The van der Waals surface area contributed by atoms with Crippen LogP contribution >= 0.6 is 0 Å². The van der Waals surface area contributed by atoms with Crippen molar-refractivity contribution in [2.75, 3.05) is 44.8 Å². The van der Waals surface area contributed by atoms with Gasteiger partial charge in [0.15, 0.2) is 9.84 Å². The molecule has 6 nitrogen and oxygen atoms in total. The third-order valence-electron chi connectivity index (χ3n) is 3.60. The summed E-state index contributed by atoms with van der Waals surface area (Å²) >= 11 is 0. The lowest BCUT2D eigenvalue weighted by atomic mass is 10.3. The highest BCUT2D eigenvalue weighted by Gasteiger charge is 2.28. The number of ether oxygens (including phenoxy) is 2. The van der Waals surface area contributed by atoms with Crippen LogP contribution in [0.15, 0.2) is 23.1 Å². The van der Waals surface area contributed by atoms with Crippen LogP contribution in [0.2, 0.25) is 0 Å². The number of nitrogens with two attached hydrogens (primary N) is 1. The number of rotatable bonds is 5. The van der Waals surface area contributed by atoms with Gasteiger partial charge in [0.1, 0.15) is 10.6 Å². The molecule has 0 spiro atoms. The predicted molar refractivity (Wildman–Crippen MR) is 81.3 cm³/mol.